The Morgan fingerprint density at radius 1 is 1.20 bits per heavy atom. The lowest BCUT2D eigenvalue weighted by molar-refractivity contribution is -0.112. The molecule has 2 aromatic heterocycles. The number of nitrogens with one attached hydrogen (secondary N) is 1. The summed E-state index contributed by atoms with van der Waals surface area (Å²) in [5, 5.41) is 13.8. The summed E-state index contributed by atoms with van der Waals surface area (Å²) in [4.78, 5) is 23.8. The molecule has 0 aromatic carbocycles. The van der Waals surface area contributed by atoms with Gasteiger partial charge in [-0.05, 0) is 26.8 Å². The largest absolute Gasteiger partial charge is 0.318 e. The molecule has 20 heavy (non-hydrogen) atoms. The van der Waals surface area contributed by atoms with Crippen LogP contribution in [0, 0.1) is 0 Å². The van der Waals surface area contributed by atoms with E-state index in [1.807, 2.05) is 20.8 Å². The molecule has 0 unspecified atom stereocenters. The van der Waals surface area contributed by atoms with Crippen molar-refractivity contribution < 1.29 is 9.59 Å². The number of Topliss-reactive ketones (excluding diaryl/α,β-unsaturated/α-hetero) is 1. The van der Waals surface area contributed by atoms with Crippen molar-refractivity contribution >= 4 is 17.4 Å². The summed E-state index contributed by atoms with van der Waals surface area (Å²) in [5.41, 5.74) is 0.422. The van der Waals surface area contributed by atoms with E-state index in [2.05, 4.69) is 20.6 Å². The number of aromatic nitrogens is 4. The molecule has 1 N–H and O–H groups in total. The first-order valence-corrected chi connectivity index (χ1v) is 6.05. The fraction of sp³-hybridized carbons (Fsp3) is 0.308. The van der Waals surface area contributed by atoms with E-state index in [1.54, 1.807) is 16.9 Å². The zero-order chi connectivity index (χ0) is 14.8. The molecule has 0 aliphatic heterocycles. The van der Waals surface area contributed by atoms with E-state index in [1.165, 1.54) is 18.6 Å². The van der Waals surface area contributed by atoms with Crippen molar-refractivity contribution in [2.24, 2.45) is 0 Å². The highest BCUT2D eigenvalue weighted by atomic mass is 16.2. The van der Waals surface area contributed by atoms with Gasteiger partial charge in [0.2, 0.25) is 0 Å². The van der Waals surface area contributed by atoms with Gasteiger partial charge in [-0.25, -0.2) is 0 Å². The van der Waals surface area contributed by atoms with Crippen LogP contribution in [-0.4, -0.2) is 31.7 Å². The molecule has 0 spiro atoms. The van der Waals surface area contributed by atoms with E-state index < -0.39 is 11.7 Å². The minimum atomic E-state index is -0.730. The third-order valence-corrected chi connectivity index (χ3v) is 2.58. The van der Waals surface area contributed by atoms with Gasteiger partial charge in [0.15, 0.2) is 0 Å². The van der Waals surface area contributed by atoms with Crippen molar-refractivity contribution in [3.63, 3.8) is 0 Å². The maximum absolute atomic E-state index is 12.0. The number of amides is 1. The lowest BCUT2D eigenvalue weighted by Gasteiger charge is -2.18. The fourth-order valence-corrected chi connectivity index (χ4v) is 1.49. The number of nitrogens with zero attached hydrogens (tertiary/aromatic N) is 4. The topological polar surface area (TPSA) is 89.8 Å². The second-order valence-corrected chi connectivity index (χ2v) is 5.26. The van der Waals surface area contributed by atoms with Crippen molar-refractivity contribution in [1.82, 2.24) is 20.0 Å². The van der Waals surface area contributed by atoms with Gasteiger partial charge in [0.05, 0.1) is 35.4 Å². The van der Waals surface area contributed by atoms with Gasteiger partial charge in [-0.1, -0.05) is 0 Å². The van der Waals surface area contributed by atoms with Gasteiger partial charge in [0.1, 0.15) is 0 Å². The quantitative estimate of drug-likeness (QED) is 0.671. The number of anilines is 1. The zero-order valence-electron chi connectivity index (χ0n) is 11.5. The molecule has 0 fully saturated rings. The molecule has 2 heterocycles. The van der Waals surface area contributed by atoms with E-state index in [9.17, 15) is 9.59 Å². The molecule has 0 saturated carbocycles. The van der Waals surface area contributed by atoms with E-state index >= 15 is 0 Å². The van der Waals surface area contributed by atoms with Gasteiger partial charge in [0.25, 0.3) is 11.7 Å². The lowest BCUT2D eigenvalue weighted by Crippen LogP contribution is -2.24. The second kappa shape index (κ2) is 5.20. The fourth-order valence-electron chi connectivity index (χ4n) is 1.49. The molecule has 1 amide bonds. The minimum absolute atomic E-state index is 0.246. The van der Waals surface area contributed by atoms with Crippen molar-refractivity contribution in [2.75, 3.05) is 5.32 Å². The maximum Gasteiger partial charge on any atom is 0.296 e. The van der Waals surface area contributed by atoms with Crippen LogP contribution in [0.1, 0.15) is 31.1 Å². The number of carbonyl (C=O) groups is 2. The van der Waals surface area contributed by atoms with E-state index in [0.717, 1.165) is 0 Å². The van der Waals surface area contributed by atoms with Gasteiger partial charge >= 0.3 is 0 Å². The van der Waals surface area contributed by atoms with Crippen molar-refractivity contribution in [3.05, 3.63) is 36.4 Å². The monoisotopic (exact) mass is 273 g/mol. The summed E-state index contributed by atoms with van der Waals surface area (Å²) in [7, 11) is 0. The van der Waals surface area contributed by atoms with Crippen LogP contribution in [-0.2, 0) is 10.3 Å². The Morgan fingerprint density at radius 3 is 2.50 bits per heavy atom. The van der Waals surface area contributed by atoms with E-state index in [0.29, 0.717) is 5.69 Å². The highest BCUT2D eigenvalue weighted by molar-refractivity contribution is 6.46. The summed E-state index contributed by atoms with van der Waals surface area (Å²) >= 11 is 0. The molecular weight excluding hydrogens is 258 g/mol. The van der Waals surface area contributed by atoms with Crippen molar-refractivity contribution in [2.45, 2.75) is 26.3 Å². The molecule has 104 valence electrons. The summed E-state index contributed by atoms with van der Waals surface area (Å²) < 4.78 is 1.64. The van der Waals surface area contributed by atoms with Crippen LogP contribution >= 0.6 is 0 Å². The molecular formula is C13H15N5O2. The van der Waals surface area contributed by atoms with Gasteiger partial charge in [0, 0.05) is 6.20 Å². The van der Waals surface area contributed by atoms with E-state index in [4.69, 9.17) is 0 Å². The van der Waals surface area contributed by atoms with Crippen LogP contribution in [0.15, 0.2) is 30.9 Å². The van der Waals surface area contributed by atoms with Crippen LogP contribution in [0.3, 0.4) is 0 Å². The van der Waals surface area contributed by atoms with Gasteiger partial charge < -0.3 is 5.32 Å². The standard InChI is InChI=1S/C13H15N5O2/c1-13(2,3)18-8-9(6-16-18)11(19)12(20)17-10-4-5-14-15-7-10/h4-8H,1-3H3,(H,14,17,20). The van der Waals surface area contributed by atoms with Crippen LogP contribution in [0.5, 0.6) is 0 Å². The first kappa shape index (κ1) is 13.9. The Bertz CT molecular complexity index is 628. The maximum atomic E-state index is 12.0. The van der Waals surface area contributed by atoms with Crippen molar-refractivity contribution in [1.29, 1.82) is 0 Å². The number of rotatable bonds is 3. The number of hydrogen-bond acceptors (Lipinski definition) is 5. The molecule has 0 aliphatic rings. The predicted molar refractivity (Wildman–Crippen MR) is 72.2 cm³/mol. The number of carbonyl (C=O) groups excluding carboxylic acids is 2. The third-order valence-electron chi connectivity index (χ3n) is 2.58. The van der Waals surface area contributed by atoms with Crippen LogP contribution in [0.4, 0.5) is 5.69 Å². The Labute approximate surface area is 116 Å². The molecule has 7 nitrogen and oxygen atoms in total. The second-order valence-electron chi connectivity index (χ2n) is 5.26. The Hall–Kier alpha value is -2.57. The Morgan fingerprint density at radius 2 is 1.95 bits per heavy atom. The predicted octanol–water partition coefficient (Wildman–Crippen LogP) is 1.25. The highest BCUT2D eigenvalue weighted by Gasteiger charge is 2.21. The average Bonchev–Trinajstić information content (AvgIpc) is 2.88. The van der Waals surface area contributed by atoms with Crippen LogP contribution in [0.2, 0.25) is 0 Å². The average molecular weight is 273 g/mol. The van der Waals surface area contributed by atoms with Gasteiger partial charge in [-0.3, -0.25) is 14.3 Å². The number of ketones is 1. The summed E-state index contributed by atoms with van der Waals surface area (Å²) in [6.07, 6.45) is 5.74. The third kappa shape index (κ3) is 3.05. The lowest BCUT2D eigenvalue weighted by atomic mass is 10.1. The molecule has 0 radical (unpaired) electrons. The highest BCUT2D eigenvalue weighted by Crippen LogP contribution is 2.14. The van der Waals surface area contributed by atoms with Crippen molar-refractivity contribution in [3.8, 4) is 0 Å². The Kier molecular flexibility index (Phi) is 3.60. The minimum Gasteiger partial charge on any atom is -0.318 e. The van der Waals surface area contributed by atoms with Crippen LogP contribution < -0.4 is 5.32 Å². The number of hydrogen-bond donors (Lipinski definition) is 1. The Balaban J connectivity index is 2.11. The molecule has 0 aliphatic carbocycles. The molecule has 0 atom stereocenters. The molecule has 2 aromatic rings. The van der Waals surface area contributed by atoms with E-state index in [-0.39, 0.29) is 11.1 Å². The molecule has 0 bridgehead atoms. The summed E-state index contributed by atoms with van der Waals surface area (Å²) in [5.74, 6) is -1.37. The smallest absolute Gasteiger partial charge is 0.296 e. The molecule has 2 rings (SSSR count). The first-order valence-electron chi connectivity index (χ1n) is 6.05. The van der Waals surface area contributed by atoms with Gasteiger partial charge in [-0.15, -0.1) is 0 Å². The van der Waals surface area contributed by atoms with Crippen LogP contribution in [0.25, 0.3) is 0 Å². The summed E-state index contributed by atoms with van der Waals surface area (Å²) in [6.45, 7) is 5.87. The normalized spacial score (nSPS) is 11.2. The first-order chi connectivity index (χ1) is 9.38. The molecule has 0 saturated heterocycles. The molecule has 7 heteroatoms. The SMILES string of the molecule is CC(C)(C)n1cc(C(=O)C(=O)Nc2ccnnc2)cn1. The summed E-state index contributed by atoms with van der Waals surface area (Å²) in [6, 6.07) is 1.55. The zero-order valence-corrected chi connectivity index (χ0v) is 11.5. The van der Waals surface area contributed by atoms with Gasteiger partial charge in [-0.2, -0.15) is 15.3 Å².